The second kappa shape index (κ2) is 7.24. The predicted octanol–water partition coefficient (Wildman–Crippen LogP) is -1.46. The summed E-state index contributed by atoms with van der Waals surface area (Å²) in [6.45, 7) is 5.81. The average Bonchev–Trinajstić information content (AvgIpc) is 1.35. The van der Waals surface area contributed by atoms with Crippen LogP contribution in [0.15, 0.2) is 12.2 Å². The van der Waals surface area contributed by atoms with Gasteiger partial charge in [-0.05, 0) is 0 Å². The Morgan fingerprint density at radius 3 is 2.14 bits per heavy atom. The fraction of sp³-hybridized carbons (Fsp3) is 0.600. The van der Waals surface area contributed by atoms with Crippen LogP contribution >= 0.6 is 0 Å². The van der Waals surface area contributed by atoms with Crippen molar-refractivity contribution in [1.82, 2.24) is 0 Å². The van der Waals surface area contributed by atoms with E-state index < -0.39 is 0 Å². The zero-order valence-electron chi connectivity index (χ0n) is 4.71. The van der Waals surface area contributed by atoms with Crippen LogP contribution < -0.4 is 24.0 Å². The van der Waals surface area contributed by atoms with Gasteiger partial charge < -0.3 is 24.0 Å². The van der Waals surface area contributed by atoms with E-state index in [0.29, 0.717) is 0 Å². The van der Waals surface area contributed by atoms with Gasteiger partial charge in [-0.1, -0.05) is 0 Å². The van der Waals surface area contributed by atoms with Crippen LogP contribution in [0.2, 0.25) is 4.55 Å². The van der Waals surface area contributed by atoms with Crippen molar-refractivity contribution in [3.8, 4) is 0 Å². The molecular weight excluding hydrogens is 211 g/mol. The molecule has 0 saturated heterocycles. The van der Waals surface area contributed by atoms with E-state index in [-0.39, 0.29) is 24.0 Å². The second-order valence-corrected chi connectivity index (χ2v) is 2.27. The first-order valence-electron chi connectivity index (χ1n) is 2.21. The molecule has 0 aliphatic heterocycles. The molecule has 0 spiro atoms. The van der Waals surface area contributed by atoms with Crippen LogP contribution in [0.3, 0.4) is 0 Å². The van der Waals surface area contributed by atoms with E-state index in [4.69, 9.17) is 0 Å². The van der Waals surface area contributed by atoms with Crippen LogP contribution in [0, 0.1) is 0 Å². The molecule has 0 aromatic heterocycles. The normalized spacial score (nSPS) is 7.29. The molecule has 0 saturated carbocycles. The molecule has 0 rings (SSSR count). The maximum atomic E-state index is 3.75. The molecule has 0 aliphatic rings. The van der Waals surface area contributed by atoms with E-state index in [1.54, 1.807) is 0 Å². The van der Waals surface area contributed by atoms with E-state index in [1.165, 1.54) is 16.5 Å². The van der Waals surface area contributed by atoms with Gasteiger partial charge in [0, 0.05) is 0 Å². The number of halogens is 1. The Morgan fingerprint density at radius 1 is 1.71 bits per heavy atom. The van der Waals surface area contributed by atoms with Crippen LogP contribution in [0.5, 0.6) is 0 Å². The SMILES string of the molecule is C=C(C)C[CH2][Mg+].[I-]. The Labute approximate surface area is 75.2 Å². The molecule has 0 heterocycles. The number of hydrogen-bond donors (Lipinski definition) is 0. The topological polar surface area (TPSA) is 0 Å². The molecule has 0 aromatic carbocycles. The maximum absolute atomic E-state index is 3.75. The molecule has 0 unspecified atom stereocenters. The fourth-order valence-corrected chi connectivity index (χ4v) is 0.905. The van der Waals surface area contributed by atoms with Gasteiger partial charge in [-0.2, -0.15) is 0 Å². The smallest absolute Gasteiger partial charge is 1.00 e. The summed E-state index contributed by atoms with van der Waals surface area (Å²) >= 11 is 1.99. The third-order valence-corrected chi connectivity index (χ3v) is 0.957. The standard InChI is InChI=1S/C5H9.HI.Mg/c1-4-5(2)3;;/h1-2,4H2,3H3;1H;/q;;+1/p-1. The van der Waals surface area contributed by atoms with Gasteiger partial charge in [-0.3, -0.25) is 0 Å². The summed E-state index contributed by atoms with van der Waals surface area (Å²) in [6, 6.07) is 0. The Morgan fingerprint density at radius 2 is 2.14 bits per heavy atom. The van der Waals surface area contributed by atoms with E-state index >= 15 is 0 Å². The first-order valence-corrected chi connectivity index (χ1v) is 3.21. The Kier molecular flexibility index (Phi) is 11.5. The summed E-state index contributed by atoms with van der Waals surface area (Å²) in [5.74, 6) is 0. The van der Waals surface area contributed by atoms with Crippen LogP contribution in [-0.2, 0) is 0 Å². The zero-order chi connectivity index (χ0) is 4.99. The van der Waals surface area contributed by atoms with Crippen molar-refractivity contribution in [3.63, 3.8) is 0 Å². The van der Waals surface area contributed by atoms with Gasteiger partial charge in [0.25, 0.3) is 0 Å². The minimum Gasteiger partial charge on any atom is -1.00 e. The van der Waals surface area contributed by atoms with Crippen molar-refractivity contribution in [2.75, 3.05) is 0 Å². The first kappa shape index (κ1) is 11.1. The molecular formula is C5H9IMg. The molecule has 0 fully saturated rings. The molecule has 0 N–H and O–H groups in total. The van der Waals surface area contributed by atoms with Crippen LogP contribution in [-0.4, -0.2) is 21.7 Å². The molecule has 0 nitrogen and oxygen atoms in total. The van der Waals surface area contributed by atoms with Crippen LogP contribution in [0.25, 0.3) is 0 Å². The van der Waals surface area contributed by atoms with Gasteiger partial charge in [-0.15, -0.1) is 0 Å². The molecule has 0 atom stereocenters. The Hall–Kier alpha value is 1.24. The molecule has 7 heavy (non-hydrogen) atoms. The van der Waals surface area contributed by atoms with Crippen molar-refractivity contribution >= 4 is 21.7 Å². The second-order valence-electron chi connectivity index (χ2n) is 1.56. The molecule has 0 amide bonds. The third kappa shape index (κ3) is 11.1. The molecule has 2 heteroatoms. The summed E-state index contributed by atoms with van der Waals surface area (Å²) < 4.78 is 1.26. The number of allylic oxidation sites excluding steroid dienone is 1. The van der Waals surface area contributed by atoms with Crippen molar-refractivity contribution in [1.29, 1.82) is 0 Å². The van der Waals surface area contributed by atoms with Crippen LogP contribution in [0.4, 0.5) is 0 Å². The fourth-order valence-electron chi connectivity index (χ4n) is 0.302. The summed E-state index contributed by atoms with van der Waals surface area (Å²) in [4.78, 5) is 0. The molecule has 38 valence electrons. The van der Waals surface area contributed by atoms with Gasteiger partial charge in [0.2, 0.25) is 0 Å². The van der Waals surface area contributed by atoms with Crippen molar-refractivity contribution in [2.24, 2.45) is 0 Å². The first-order chi connectivity index (χ1) is 2.77. The largest absolute Gasteiger partial charge is 1.00 e. The molecule has 0 bridgehead atoms. The number of rotatable bonds is 2. The van der Waals surface area contributed by atoms with E-state index in [2.05, 4.69) is 13.5 Å². The predicted molar refractivity (Wildman–Crippen MR) is 30.0 cm³/mol. The minimum absolute atomic E-state index is 0. The van der Waals surface area contributed by atoms with Crippen molar-refractivity contribution in [3.05, 3.63) is 12.2 Å². The van der Waals surface area contributed by atoms with E-state index in [1.807, 2.05) is 21.7 Å². The quantitative estimate of drug-likeness (QED) is 0.303. The maximum Gasteiger partial charge on any atom is -1.00 e. The van der Waals surface area contributed by atoms with Gasteiger partial charge in [0.05, 0.1) is 0 Å². The summed E-state index contributed by atoms with van der Waals surface area (Å²) in [6.07, 6.45) is 1.19. The minimum atomic E-state index is 0. The summed E-state index contributed by atoms with van der Waals surface area (Å²) in [5.41, 5.74) is 1.30. The number of hydrogen-bond acceptors (Lipinski definition) is 0. The molecule has 0 aromatic rings. The van der Waals surface area contributed by atoms with E-state index in [9.17, 15) is 0 Å². The third-order valence-electron chi connectivity index (χ3n) is 0.604. The van der Waals surface area contributed by atoms with Crippen molar-refractivity contribution in [2.45, 2.75) is 17.9 Å². The van der Waals surface area contributed by atoms with Gasteiger partial charge in [-0.25, -0.2) is 0 Å². The van der Waals surface area contributed by atoms with E-state index in [0.717, 1.165) is 0 Å². The summed E-state index contributed by atoms with van der Waals surface area (Å²) in [5, 5.41) is 0. The van der Waals surface area contributed by atoms with Crippen LogP contribution in [0.1, 0.15) is 13.3 Å². The van der Waals surface area contributed by atoms with Gasteiger partial charge >= 0.3 is 51.8 Å². The monoisotopic (exact) mass is 220 g/mol. The summed E-state index contributed by atoms with van der Waals surface area (Å²) in [7, 11) is 0. The van der Waals surface area contributed by atoms with Crippen molar-refractivity contribution < 1.29 is 24.0 Å². The molecule has 0 radical (unpaired) electrons. The Balaban J connectivity index is 0. The zero-order valence-corrected chi connectivity index (χ0v) is 8.28. The Bertz CT molecular complexity index is 52.0. The van der Waals surface area contributed by atoms with Gasteiger partial charge in [0.1, 0.15) is 0 Å². The van der Waals surface area contributed by atoms with Gasteiger partial charge in [0.15, 0.2) is 0 Å². The molecule has 0 aliphatic carbocycles. The average molecular weight is 220 g/mol.